The van der Waals surface area contributed by atoms with Gasteiger partial charge in [0, 0.05) is 18.7 Å². The van der Waals surface area contributed by atoms with Crippen LogP contribution in [0.4, 0.5) is 5.13 Å². The molecule has 26 heavy (non-hydrogen) atoms. The van der Waals surface area contributed by atoms with Crippen molar-refractivity contribution in [1.82, 2.24) is 9.71 Å². The van der Waals surface area contributed by atoms with Crippen LogP contribution in [0.5, 0.6) is 0 Å². The van der Waals surface area contributed by atoms with Gasteiger partial charge in [-0.3, -0.25) is 9.69 Å². The second kappa shape index (κ2) is 7.14. The van der Waals surface area contributed by atoms with Gasteiger partial charge in [0.25, 0.3) is 5.91 Å². The van der Waals surface area contributed by atoms with Gasteiger partial charge in [0.05, 0.1) is 15.1 Å². The molecule has 136 valence electrons. The molecule has 0 atom stereocenters. The van der Waals surface area contributed by atoms with E-state index in [1.54, 1.807) is 20.9 Å². The van der Waals surface area contributed by atoms with E-state index in [0.717, 1.165) is 10.2 Å². The van der Waals surface area contributed by atoms with Crippen LogP contribution in [-0.2, 0) is 10.0 Å². The van der Waals surface area contributed by atoms with Gasteiger partial charge in [-0.2, -0.15) is 0 Å². The Morgan fingerprint density at radius 1 is 1.12 bits per heavy atom. The molecule has 0 saturated carbocycles. The predicted molar refractivity (Wildman–Crippen MR) is 104 cm³/mol. The Morgan fingerprint density at radius 3 is 2.38 bits per heavy atom. The summed E-state index contributed by atoms with van der Waals surface area (Å²) in [5, 5.41) is 0.592. The number of amides is 1. The van der Waals surface area contributed by atoms with Crippen LogP contribution >= 0.6 is 11.3 Å². The summed E-state index contributed by atoms with van der Waals surface area (Å²) < 4.78 is 27.8. The molecule has 0 fully saturated rings. The molecular formula is C18H19N3O3S2. The number of thiazole rings is 1. The third kappa shape index (κ3) is 3.77. The zero-order valence-electron chi connectivity index (χ0n) is 14.6. The highest BCUT2D eigenvalue weighted by Crippen LogP contribution is 2.28. The fourth-order valence-electron chi connectivity index (χ4n) is 2.44. The number of benzene rings is 2. The van der Waals surface area contributed by atoms with Gasteiger partial charge in [-0.25, -0.2) is 18.1 Å². The van der Waals surface area contributed by atoms with Crippen LogP contribution in [0, 0.1) is 0 Å². The van der Waals surface area contributed by atoms with E-state index in [-0.39, 0.29) is 16.8 Å². The molecule has 0 radical (unpaired) electrons. The lowest BCUT2D eigenvalue weighted by Gasteiger charge is -2.14. The molecule has 8 heteroatoms. The van der Waals surface area contributed by atoms with Gasteiger partial charge < -0.3 is 0 Å². The van der Waals surface area contributed by atoms with Crippen molar-refractivity contribution in [3.63, 3.8) is 0 Å². The summed E-state index contributed by atoms with van der Waals surface area (Å²) in [4.78, 5) is 18.8. The van der Waals surface area contributed by atoms with E-state index in [1.165, 1.54) is 40.5 Å². The highest BCUT2D eigenvalue weighted by molar-refractivity contribution is 7.89. The molecule has 1 amide bonds. The van der Waals surface area contributed by atoms with Gasteiger partial charge in [-0.15, -0.1) is 0 Å². The van der Waals surface area contributed by atoms with E-state index >= 15 is 0 Å². The van der Waals surface area contributed by atoms with Crippen molar-refractivity contribution in [1.29, 1.82) is 0 Å². The Kier molecular flexibility index (Phi) is 5.08. The molecule has 0 aliphatic rings. The third-order valence-corrected chi connectivity index (χ3v) is 6.46. The second-order valence-corrected chi connectivity index (χ2v) is 8.85. The van der Waals surface area contributed by atoms with E-state index in [0.29, 0.717) is 10.7 Å². The fourth-order valence-corrected chi connectivity index (χ4v) is 4.62. The molecule has 3 rings (SSSR count). The molecule has 0 unspecified atom stereocenters. The maximum Gasteiger partial charge on any atom is 0.259 e. The summed E-state index contributed by atoms with van der Waals surface area (Å²) in [5.74, 6) is -0.246. The van der Waals surface area contributed by atoms with Gasteiger partial charge in [-0.05, 0) is 50.2 Å². The van der Waals surface area contributed by atoms with Gasteiger partial charge in [0.2, 0.25) is 10.0 Å². The quantitative estimate of drug-likeness (QED) is 0.726. The summed E-state index contributed by atoms with van der Waals surface area (Å²) in [7, 11) is -1.92. The number of hydrogen-bond acceptors (Lipinski definition) is 5. The summed E-state index contributed by atoms with van der Waals surface area (Å²) in [6.45, 7) is 3.50. The topological polar surface area (TPSA) is 79.4 Å². The van der Waals surface area contributed by atoms with E-state index in [1.807, 2.05) is 24.3 Å². The second-order valence-electron chi connectivity index (χ2n) is 6.13. The highest BCUT2D eigenvalue weighted by atomic mass is 32.2. The van der Waals surface area contributed by atoms with Gasteiger partial charge in [0.15, 0.2) is 5.13 Å². The monoisotopic (exact) mass is 389 g/mol. The van der Waals surface area contributed by atoms with Crippen molar-refractivity contribution in [2.24, 2.45) is 0 Å². The first-order valence-electron chi connectivity index (χ1n) is 8.04. The molecule has 1 aromatic heterocycles. The molecule has 0 aliphatic heterocycles. The maximum absolute atomic E-state index is 12.7. The zero-order chi connectivity index (χ0) is 18.9. The largest absolute Gasteiger partial charge is 0.287 e. The zero-order valence-corrected chi connectivity index (χ0v) is 16.3. The minimum Gasteiger partial charge on any atom is -0.287 e. The number of aromatic nitrogens is 1. The molecule has 0 bridgehead atoms. The molecule has 1 heterocycles. The van der Waals surface area contributed by atoms with Crippen LogP contribution in [0.15, 0.2) is 53.4 Å². The number of nitrogens with one attached hydrogen (secondary N) is 1. The first-order chi connectivity index (χ1) is 12.3. The number of nitrogens with zero attached hydrogens (tertiary/aromatic N) is 2. The van der Waals surface area contributed by atoms with Crippen LogP contribution in [0.3, 0.4) is 0 Å². The molecule has 0 aliphatic carbocycles. The van der Waals surface area contributed by atoms with Crippen LogP contribution < -0.4 is 9.62 Å². The van der Waals surface area contributed by atoms with E-state index in [2.05, 4.69) is 9.71 Å². The first kappa shape index (κ1) is 18.5. The number of sulfonamides is 1. The number of anilines is 1. The highest BCUT2D eigenvalue weighted by Gasteiger charge is 2.19. The van der Waals surface area contributed by atoms with Crippen molar-refractivity contribution in [3.05, 3.63) is 54.1 Å². The molecule has 2 aromatic carbocycles. The van der Waals surface area contributed by atoms with Crippen molar-refractivity contribution >= 4 is 42.6 Å². The maximum atomic E-state index is 12.7. The standard InChI is InChI=1S/C18H19N3O3S2/c1-12(2)20-26(23,24)14-10-8-13(9-11-14)17(22)21(3)18-19-15-6-4-5-7-16(15)25-18/h4-12,20H,1-3H3. The number of rotatable bonds is 5. The van der Waals surface area contributed by atoms with Crippen LogP contribution in [0.1, 0.15) is 24.2 Å². The third-order valence-electron chi connectivity index (χ3n) is 3.68. The summed E-state index contributed by atoms with van der Waals surface area (Å²) in [6.07, 6.45) is 0. The Morgan fingerprint density at radius 2 is 1.77 bits per heavy atom. The van der Waals surface area contributed by atoms with Crippen molar-refractivity contribution in [3.8, 4) is 0 Å². The summed E-state index contributed by atoms with van der Waals surface area (Å²) >= 11 is 1.43. The van der Waals surface area contributed by atoms with Crippen molar-refractivity contribution in [2.45, 2.75) is 24.8 Å². The molecular weight excluding hydrogens is 370 g/mol. The number of para-hydroxylation sites is 1. The lowest BCUT2D eigenvalue weighted by atomic mass is 10.2. The molecule has 0 saturated heterocycles. The number of carbonyl (C=O) groups is 1. The molecule has 6 nitrogen and oxygen atoms in total. The van der Waals surface area contributed by atoms with Gasteiger partial charge in [0.1, 0.15) is 0 Å². The SMILES string of the molecule is CC(C)NS(=O)(=O)c1ccc(C(=O)N(C)c2nc3ccccc3s2)cc1. The van der Waals surface area contributed by atoms with Crippen molar-refractivity contribution in [2.75, 3.05) is 11.9 Å². The fraction of sp³-hybridized carbons (Fsp3) is 0.222. The predicted octanol–water partition coefficient (Wildman–Crippen LogP) is 3.26. The molecule has 1 N–H and O–H groups in total. The van der Waals surface area contributed by atoms with E-state index in [4.69, 9.17) is 0 Å². The Balaban J connectivity index is 1.83. The van der Waals surface area contributed by atoms with Crippen molar-refractivity contribution < 1.29 is 13.2 Å². The minimum atomic E-state index is -3.58. The Labute approximate surface area is 156 Å². The van der Waals surface area contributed by atoms with E-state index in [9.17, 15) is 13.2 Å². The lowest BCUT2D eigenvalue weighted by molar-refractivity contribution is 0.0993. The van der Waals surface area contributed by atoms with Crippen LogP contribution in [0.25, 0.3) is 10.2 Å². The number of fused-ring (bicyclic) bond motifs is 1. The molecule has 0 spiro atoms. The van der Waals surface area contributed by atoms with Gasteiger partial charge >= 0.3 is 0 Å². The number of carbonyl (C=O) groups excluding carboxylic acids is 1. The van der Waals surface area contributed by atoms with Crippen LogP contribution in [0.2, 0.25) is 0 Å². The summed E-state index contributed by atoms with van der Waals surface area (Å²) in [5.41, 5.74) is 1.24. The molecule has 3 aromatic rings. The van der Waals surface area contributed by atoms with Crippen LogP contribution in [-0.4, -0.2) is 32.4 Å². The Bertz CT molecular complexity index is 1010. The van der Waals surface area contributed by atoms with E-state index < -0.39 is 10.0 Å². The normalized spacial score (nSPS) is 11.8. The number of hydrogen-bond donors (Lipinski definition) is 1. The average Bonchev–Trinajstić information content (AvgIpc) is 3.03. The van der Waals surface area contributed by atoms with Gasteiger partial charge in [-0.1, -0.05) is 23.5 Å². The lowest BCUT2D eigenvalue weighted by Crippen LogP contribution is -2.30. The smallest absolute Gasteiger partial charge is 0.259 e. The summed E-state index contributed by atoms with van der Waals surface area (Å²) in [6, 6.07) is 13.4. The first-order valence-corrected chi connectivity index (χ1v) is 10.3. The Hall–Kier alpha value is -2.29. The minimum absolute atomic E-state index is 0.130. The average molecular weight is 390 g/mol.